The standard InChI is InChI=1S/C15H24N4OS/c1-5-8-16-14-17-12(11-7-9-21-13(11)18-14)19(6-2)10-15(3,4)20/h7,9,20H,5-6,8,10H2,1-4H3,(H,16,17,18). The van der Waals surface area contributed by atoms with Crippen molar-refractivity contribution in [2.45, 2.75) is 39.7 Å². The molecule has 0 atom stereocenters. The third kappa shape index (κ3) is 4.04. The number of thiophene rings is 1. The van der Waals surface area contributed by atoms with E-state index in [4.69, 9.17) is 0 Å². The average Bonchev–Trinajstić information content (AvgIpc) is 2.89. The summed E-state index contributed by atoms with van der Waals surface area (Å²) in [4.78, 5) is 12.3. The number of nitrogens with one attached hydrogen (secondary N) is 1. The second kappa shape index (κ2) is 6.58. The number of anilines is 2. The van der Waals surface area contributed by atoms with E-state index in [2.05, 4.69) is 34.0 Å². The molecule has 2 rings (SSSR count). The van der Waals surface area contributed by atoms with Gasteiger partial charge in [-0.1, -0.05) is 6.92 Å². The lowest BCUT2D eigenvalue weighted by Crippen LogP contribution is -2.39. The van der Waals surface area contributed by atoms with Crippen LogP contribution in [0.4, 0.5) is 11.8 Å². The Morgan fingerprint density at radius 3 is 2.71 bits per heavy atom. The number of nitrogens with zero attached hydrogens (tertiary/aromatic N) is 3. The van der Waals surface area contributed by atoms with Crippen LogP contribution in [0, 0.1) is 0 Å². The van der Waals surface area contributed by atoms with Gasteiger partial charge in [-0.05, 0) is 38.6 Å². The molecule has 6 heteroatoms. The molecule has 0 bridgehead atoms. The maximum Gasteiger partial charge on any atom is 0.226 e. The number of likely N-dealkylation sites (N-methyl/N-ethyl adjacent to an activating group) is 1. The quantitative estimate of drug-likeness (QED) is 0.823. The SMILES string of the molecule is CCCNc1nc(N(CC)CC(C)(C)O)c2ccsc2n1. The first-order valence-corrected chi connectivity index (χ1v) is 8.29. The Bertz CT molecular complexity index is 591. The van der Waals surface area contributed by atoms with Crippen LogP contribution in [0.3, 0.4) is 0 Å². The fourth-order valence-corrected chi connectivity index (χ4v) is 2.96. The van der Waals surface area contributed by atoms with Crippen molar-refractivity contribution in [3.05, 3.63) is 11.4 Å². The highest BCUT2D eigenvalue weighted by molar-refractivity contribution is 7.16. The van der Waals surface area contributed by atoms with E-state index >= 15 is 0 Å². The average molecular weight is 308 g/mol. The summed E-state index contributed by atoms with van der Waals surface area (Å²) >= 11 is 1.61. The smallest absolute Gasteiger partial charge is 0.226 e. The molecule has 0 aromatic carbocycles. The van der Waals surface area contributed by atoms with Crippen LogP contribution in [-0.4, -0.2) is 40.3 Å². The van der Waals surface area contributed by atoms with E-state index in [0.717, 1.165) is 35.5 Å². The second-order valence-corrected chi connectivity index (χ2v) is 6.66. The van der Waals surface area contributed by atoms with Gasteiger partial charge in [0.15, 0.2) is 0 Å². The summed E-state index contributed by atoms with van der Waals surface area (Å²) < 4.78 is 0. The summed E-state index contributed by atoms with van der Waals surface area (Å²) in [7, 11) is 0. The van der Waals surface area contributed by atoms with Gasteiger partial charge in [0.25, 0.3) is 0 Å². The number of fused-ring (bicyclic) bond motifs is 1. The predicted molar refractivity (Wildman–Crippen MR) is 90.4 cm³/mol. The molecule has 0 saturated carbocycles. The molecule has 21 heavy (non-hydrogen) atoms. The first kappa shape index (κ1) is 16.0. The lowest BCUT2D eigenvalue weighted by Gasteiger charge is -2.29. The van der Waals surface area contributed by atoms with Gasteiger partial charge in [-0.2, -0.15) is 4.98 Å². The van der Waals surface area contributed by atoms with Crippen LogP contribution in [0.2, 0.25) is 0 Å². The molecular formula is C15H24N4OS. The monoisotopic (exact) mass is 308 g/mol. The summed E-state index contributed by atoms with van der Waals surface area (Å²) in [5.41, 5.74) is -0.764. The zero-order valence-electron chi connectivity index (χ0n) is 13.2. The third-order valence-corrected chi connectivity index (χ3v) is 3.90. The van der Waals surface area contributed by atoms with Gasteiger partial charge in [0, 0.05) is 19.6 Å². The van der Waals surface area contributed by atoms with Crippen LogP contribution in [0.25, 0.3) is 10.2 Å². The fourth-order valence-electron chi connectivity index (χ4n) is 2.20. The minimum atomic E-state index is -0.764. The Kier molecular flexibility index (Phi) is 5.00. The normalized spacial score (nSPS) is 11.9. The number of aromatic nitrogens is 2. The Labute approximate surface area is 130 Å². The van der Waals surface area contributed by atoms with Crippen LogP contribution in [0.5, 0.6) is 0 Å². The lowest BCUT2D eigenvalue weighted by atomic mass is 10.1. The largest absolute Gasteiger partial charge is 0.389 e. The lowest BCUT2D eigenvalue weighted by molar-refractivity contribution is 0.0875. The Morgan fingerprint density at radius 2 is 2.10 bits per heavy atom. The molecule has 0 aliphatic heterocycles. The molecule has 0 radical (unpaired) electrons. The molecule has 0 fully saturated rings. The van der Waals surface area contributed by atoms with Crippen molar-refractivity contribution in [3.8, 4) is 0 Å². The summed E-state index contributed by atoms with van der Waals surface area (Å²) in [5.74, 6) is 1.56. The van der Waals surface area contributed by atoms with Gasteiger partial charge in [0.1, 0.15) is 10.6 Å². The van der Waals surface area contributed by atoms with E-state index in [-0.39, 0.29) is 0 Å². The highest BCUT2D eigenvalue weighted by atomic mass is 32.1. The molecule has 2 heterocycles. The third-order valence-electron chi connectivity index (χ3n) is 3.10. The molecule has 0 saturated heterocycles. The van der Waals surface area contributed by atoms with Crippen LogP contribution in [-0.2, 0) is 0 Å². The number of rotatable bonds is 7. The molecule has 0 unspecified atom stereocenters. The van der Waals surface area contributed by atoms with E-state index in [1.165, 1.54) is 0 Å². The highest BCUT2D eigenvalue weighted by Crippen LogP contribution is 2.29. The van der Waals surface area contributed by atoms with E-state index < -0.39 is 5.60 Å². The summed E-state index contributed by atoms with van der Waals surface area (Å²) in [5, 5.41) is 16.5. The van der Waals surface area contributed by atoms with Gasteiger partial charge < -0.3 is 15.3 Å². The molecular weight excluding hydrogens is 284 g/mol. The van der Waals surface area contributed by atoms with Gasteiger partial charge >= 0.3 is 0 Å². The van der Waals surface area contributed by atoms with Crippen LogP contribution >= 0.6 is 11.3 Å². The van der Waals surface area contributed by atoms with Crippen molar-refractivity contribution in [2.75, 3.05) is 29.9 Å². The molecule has 2 aromatic heterocycles. The second-order valence-electron chi connectivity index (χ2n) is 5.76. The molecule has 0 spiro atoms. The van der Waals surface area contributed by atoms with Gasteiger partial charge in [-0.15, -0.1) is 11.3 Å². The van der Waals surface area contributed by atoms with E-state index in [9.17, 15) is 5.11 Å². The van der Waals surface area contributed by atoms with Crippen LogP contribution < -0.4 is 10.2 Å². The minimum Gasteiger partial charge on any atom is -0.389 e. The highest BCUT2D eigenvalue weighted by Gasteiger charge is 2.21. The van der Waals surface area contributed by atoms with E-state index in [1.807, 2.05) is 25.3 Å². The van der Waals surface area contributed by atoms with E-state index in [1.54, 1.807) is 11.3 Å². The molecule has 0 aliphatic rings. The molecule has 0 aliphatic carbocycles. The zero-order valence-corrected chi connectivity index (χ0v) is 14.0. The summed E-state index contributed by atoms with van der Waals surface area (Å²) in [6.45, 7) is 10.0. The van der Waals surface area contributed by atoms with Gasteiger partial charge in [-0.3, -0.25) is 0 Å². The molecule has 0 amide bonds. The number of hydrogen-bond acceptors (Lipinski definition) is 6. The van der Waals surface area contributed by atoms with E-state index in [0.29, 0.717) is 12.5 Å². The maximum atomic E-state index is 10.1. The molecule has 2 aromatic rings. The molecule has 2 N–H and O–H groups in total. The zero-order chi connectivity index (χ0) is 15.5. The number of hydrogen-bond donors (Lipinski definition) is 2. The molecule has 5 nitrogen and oxygen atoms in total. The van der Waals surface area contributed by atoms with Crippen molar-refractivity contribution < 1.29 is 5.11 Å². The van der Waals surface area contributed by atoms with Crippen LogP contribution in [0.1, 0.15) is 34.1 Å². The van der Waals surface area contributed by atoms with Crippen molar-refractivity contribution >= 4 is 33.3 Å². The fraction of sp³-hybridized carbons (Fsp3) is 0.600. The van der Waals surface area contributed by atoms with Crippen molar-refractivity contribution in [1.82, 2.24) is 9.97 Å². The predicted octanol–water partition coefficient (Wildman–Crippen LogP) is 3.11. The van der Waals surface area contributed by atoms with Crippen molar-refractivity contribution in [1.29, 1.82) is 0 Å². The Morgan fingerprint density at radius 1 is 1.33 bits per heavy atom. The Hall–Kier alpha value is -1.40. The van der Waals surface area contributed by atoms with Crippen molar-refractivity contribution in [2.24, 2.45) is 0 Å². The van der Waals surface area contributed by atoms with Gasteiger partial charge in [-0.25, -0.2) is 4.98 Å². The first-order chi connectivity index (χ1) is 9.94. The van der Waals surface area contributed by atoms with Crippen molar-refractivity contribution in [3.63, 3.8) is 0 Å². The summed E-state index contributed by atoms with van der Waals surface area (Å²) in [6, 6.07) is 2.05. The minimum absolute atomic E-state index is 0.540. The van der Waals surface area contributed by atoms with Crippen LogP contribution in [0.15, 0.2) is 11.4 Å². The Balaban J connectivity index is 2.41. The maximum absolute atomic E-state index is 10.1. The molecule has 116 valence electrons. The van der Waals surface area contributed by atoms with Gasteiger partial charge in [0.2, 0.25) is 5.95 Å². The number of aliphatic hydroxyl groups is 1. The van der Waals surface area contributed by atoms with Gasteiger partial charge in [0.05, 0.1) is 11.0 Å². The summed E-state index contributed by atoms with van der Waals surface area (Å²) in [6.07, 6.45) is 1.03. The topological polar surface area (TPSA) is 61.3 Å². The first-order valence-electron chi connectivity index (χ1n) is 7.41.